The average Bonchev–Trinajstić information content (AvgIpc) is 2.49. The smallest absolute Gasteiger partial charge is 0.215 e. The van der Waals surface area contributed by atoms with Gasteiger partial charge in [0.15, 0.2) is 0 Å². The number of hydrogen-bond acceptors (Lipinski definition) is 3. The summed E-state index contributed by atoms with van der Waals surface area (Å²) in [4.78, 5) is 0. The van der Waals surface area contributed by atoms with Crippen LogP contribution >= 0.6 is 11.6 Å². The first-order valence-electron chi connectivity index (χ1n) is 7.27. The van der Waals surface area contributed by atoms with Crippen molar-refractivity contribution in [3.8, 4) is 5.75 Å². The lowest BCUT2D eigenvalue weighted by molar-refractivity contribution is 0.323. The van der Waals surface area contributed by atoms with Crippen molar-refractivity contribution >= 4 is 21.6 Å². The number of aryl methyl sites for hydroxylation is 2. The van der Waals surface area contributed by atoms with Gasteiger partial charge in [-0.25, -0.2) is 13.1 Å². The van der Waals surface area contributed by atoms with Gasteiger partial charge < -0.3 is 4.74 Å². The molecular formula is C17H20ClNO3S. The maximum absolute atomic E-state index is 12.0. The normalized spacial score (nSPS) is 11.4. The number of ether oxygens (including phenoxy) is 1. The highest BCUT2D eigenvalue weighted by molar-refractivity contribution is 7.88. The van der Waals surface area contributed by atoms with Gasteiger partial charge in [0.1, 0.15) is 12.4 Å². The summed E-state index contributed by atoms with van der Waals surface area (Å²) in [6.45, 7) is 4.32. The molecule has 0 atom stereocenters. The predicted octanol–water partition coefficient (Wildman–Crippen LogP) is 3.46. The molecule has 0 bridgehead atoms. The maximum atomic E-state index is 12.0. The summed E-state index contributed by atoms with van der Waals surface area (Å²) in [5, 5.41) is 0.627. The summed E-state index contributed by atoms with van der Waals surface area (Å²) in [6.07, 6.45) is 0. The highest BCUT2D eigenvalue weighted by Crippen LogP contribution is 2.21. The minimum absolute atomic E-state index is 0.0381. The van der Waals surface area contributed by atoms with Crippen LogP contribution in [0.4, 0.5) is 0 Å². The van der Waals surface area contributed by atoms with Crippen LogP contribution in [0.5, 0.6) is 5.75 Å². The maximum Gasteiger partial charge on any atom is 0.215 e. The van der Waals surface area contributed by atoms with Gasteiger partial charge in [0.05, 0.1) is 5.75 Å². The van der Waals surface area contributed by atoms with Crippen LogP contribution < -0.4 is 9.46 Å². The molecule has 0 aliphatic rings. The average molecular weight is 354 g/mol. The van der Waals surface area contributed by atoms with Crippen molar-refractivity contribution in [2.75, 3.05) is 13.2 Å². The van der Waals surface area contributed by atoms with E-state index in [4.69, 9.17) is 16.3 Å². The lowest BCUT2D eigenvalue weighted by Gasteiger charge is -2.09. The van der Waals surface area contributed by atoms with Crippen molar-refractivity contribution in [2.24, 2.45) is 0 Å². The summed E-state index contributed by atoms with van der Waals surface area (Å²) >= 11 is 6.01. The third-order valence-corrected chi connectivity index (χ3v) is 5.08. The van der Waals surface area contributed by atoms with Gasteiger partial charge in [-0.2, -0.15) is 0 Å². The Bertz CT molecular complexity index is 758. The Kier molecular flexibility index (Phi) is 6.04. The molecule has 0 saturated heterocycles. The van der Waals surface area contributed by atoms with E-state index in [1.54, 1.807) is 6.07 Å². The van der Waals surface area contributed by atoms with E-state index < -0.39 is 10.0 Å². The molecule has 1 N–H and O–H groups in total. The molecule has 4 nitrogen and oxygen atoms in total. The standard InChI is InChI=1S/C17H20ClNO3S/c1-13-3-6-15(7-4-13)12-23(20,21)19-9-10-22-16-8-5-14(2)17(18)11-16/h3-8,11,19H,9-10,12H2,1-2H3. The summed E-state index contributed by atoms with van der Waals surface area (Å²) in [5.74, 6) is 0.585. The first kappa shape index (κ1) is 17.8. The van der Waals surface area contributed by atoms with E-state index in [-0.39, 0.29) is 18.9 Å². The second kappa shape index (κ2) is 7.81. The van der Waals surface area contributed by atoms with E-state index in [1.165, 1.54) is 0 Å². The van der Waals surface area contributed by atoms with Crippen LogP contribution in [0.15, 0.2) is 42.5 Å². The Labute approximate surface area is 142 Å². The van der Waals surface area contributed by atoms with Crippen molar-refractivity contribution in [3.63, 3.8) is 0 Å². The molecule has 0 spiro atoms. The van der Waals surface area contributed by atoms with Crippen LogP contribution in [0.3, 0.4) is 0 Å². The molecule has 0 saturated carbocycles. The van der Waals surface area contributed by atoms with Crippen LogP contribution in [0.25, 0.3) is 0 Å². The van der Waals surface area contributed by atoms with Gasteiger partial charge in [-0.05, 0) is 37.1 Å². The fraction of sp³-hybridized carbons (Fsp3) is 0.294. The van der Waals surface area contributed by atoms with E-state index in [9.17, 15) is 8.42 Å². The highest BCUT2D eigenvalue weighted by atomic mass is 35.5. The SMILES string of the molecule is Cc1ccc(CS(=O)(=O)NCCOc2ccc(C)c(Cl)c2)cc1. The van der Waals surface area contributed by atoms with Gasteiger partial charge in [0, 0.05) is 11.6 Å². The Morgan fingerprint density at radius 3 is 2.43 bits per heavy atom. The van der Waals surface area contributed by atoms with Crippen molar-refractivity contribution in [2.45, 2.75) is 19.6 Å². The molecule has 0 aliphatic heterocycles. The number of hydrogen-bond donors (Lipinski definition) is 1. The summed E-state index contributed by atoms with van der Waals surface area (Å²) in [6, 6.07) is 12.8. The van der Waals surface area contributed by atoms with Gasteiger partial charge in [-0.1, -0.05) is 47.5 Å². The topological polar surface area (TPSA) is 55.4 Å². The first-order valence-corrected chi connectivity index (χ1v) is 9.30. The Morgan fingerprint density at radius 2 is 1.78 bits per heavy atom. The number of halogens is 1. The molecule has 124 valence electrons. The second-order valence-corrected chi connectivity index (χ2v) is 7.61. The monoisotopic (exact) mass is 353 g/mol. The molecule has 0 amide bonds. The van der Waals surface area contributed by atoms with Gasteiger partial charge in [-0.3, -0.25) is 0 Å². The van der Waals surface area contributed by atoms with Crippen LogP contribution in [0.2, 0.25) is 5.02 Å². The summed E-state index contributed by atoms with van der Waals surface area (Å²) in [5.41, 5.74) is 2.83. The zero-order chi connectivity index (χ0) is 16.9. The van der Waals surface area contributed by atoms with Crippen LogP contribution in [-0.2, 0) is 15.8 Å². The molecule has 0 heterocycles. The number of rotatable bonds is 7. The van der Waals surface area contributed by atoms with Gasteiger partial charge in [0.25, 0.3) is 0 Å². The van der Waals surface area contributed by atoms with Crippen LogP contribution in [0, 0.1) is 13.8 Å². The molecule has 0 aromatic heterocycles. The first-order chi connectivity index (χ1) is 10.9. The third-order valence-electron chi connectivity index (χ3n) is 3.31. The minimum Gasteiger partial charge on any atom is -0.492 e. The van der Waals surface area contributed by atoms with Crippen LogP contribution in [0.1, 0.15) is 16.7 Å². The molecule has 6 heteroatoms. The summed E-state index contributed by atoms with van der Waals surface area (Å²) < 4.78 is 32.0. The minimum atomic E-state index is -3.37. The molecule has 2 rings (SSSR count). The van der Waals surface area contributed by atoms with Gasteiger partial charge in [0.2, 0.25) is 10.0 Å². The fourth-order valence-electron chi connectivity index (χ4n) is 1.98. The molecule has 0 radical (unpaired) electrons. The van der Waals surface area contributed by atoms with Crippen molar-refractivity contribution in [1.82, 2.24) is 4.72 Å². The zero-order valence-electron chi connectivity index (χ0n) is 13.2. The molecule has 2 aromatic rings. The zero-order valence-corrected chi connectivity index (χ0v) is 14.7. The Balaban J connectivity index is 1.80. The Hall–Kier alpha value is -1.56. The largest absolute Gasteiger partial charge is 0.492 e. The number of benzene rings is 2. The van der Waals surface area contributed by atoms with Crippen molar-refractivity contribution in [1.29, 1.82) is 0 Å². The lowest BCUT2D eigenvalue weighted by atomic mass is 10.2. The van der Waals surface area contributed by atoms with E-state index in [1.807, 2.05) is 50.2 Å². The molecular weight excluding hydrogens is 334 g/mol. The van der Waals surface area contributed by atoms with Gasteiger partial charge in [-0.15, -0.1) is 0 Å². The molecule has 0 fully saturated rings. The fourth-order valence-corrected chi connectivity index (χ4v) is 3.28. The quantitative estimate of drug-likeness (QED) is 0.775. The molecule has 23 heavy (non-hydrogen) atoms. The highest BCUT2D eigenvalue weighted by Gasteiger charge is 2.10. The molecule has 0 unspecified atom stereocenters. The van der Waals surface area contributed by atoms with Crippen molar-refractivity contribution in [3.05, 3.63) is 64.2 Å². The van der Waals surface area contributed by atoms with E-state index >= 15 is 0 Å². The van der Waals surface area contributed by atoms with Gasteiger partial charge >= 0.3 is 0 Å². The molecule has 0 aliphatic carbocycles. The van der Waals surface area contributed by atoms with E-state index in [0.717, 1.165) is 16.7 Å². The number of sulfonamides is 1. The second-order valence-electron chi connectivity index (χ2n) is 5.40. The molecule has 2 aromatic carbocycles. The summed E-state index contributed by atoms with van der Waals surface area (Å²) in [7, 11) is -3.37. The van der Waals surface area contributed by atoms with Crippen LogP contribution in [-0.4, -0.2) is 21.6 Å². The third kappa shape index (κ3) is 5.86. The number of nitrogens with one attached hydrogen (secondary N) is 1. The Morgan fingerprint density at radius 1 is 1.09 bits per heavy atom. The predicted molar refractivity (Wildman–Crippen MR) is 93.5 cm³/mol. The lowest BCUT2D eigenvalue weighted by Crippen LogP contribution is -2.29. The van der Waals surface area contributed by atoms with E-state index in [2.05, 4.69) is 4.72 Å². The van der Waals surface area contributed by atoms with Crippen molar-refractivity contribution < 1.29 is 13.2 Å². The van der Waals surface area contributed by atoms with E-state index in [0.29, 0.717) is 10.8 Å².